The topological polar surface area (TPSA) is 27.0 Å². The van der Waals surface area contributed by atoms with Crippen LogP contribution in [0.25, 0.3) is 0 Å². The summed E-state index contributed by atoms with van der Waals surface area (Å²) in [5.41, 5.74) is 0. The fourth-order valence-electron chi connectivity index (χ4n) is 2.09. The molecule has 0 amide bonds. The molecule has 0 aliphatic carbocycles. The standard InChI is InChI=1S/C12H22N2/c1-11(2)6-9-14-8-3-4-12(10-14)5-7-13/h11-12H,3-6,8-10H2,1-2H3. The third-order valence-electron chi connectivity index (χ3n) is 3.01. The molecule has 0 aromatic rings. The van der Waals surface area contributed by atoms with E-state index in [0.29, 0.717) is 5.92 Å². The molecule has 1 fully saturated rings. The average Bonchev–Trinajstić information content (AvgIpc) is 2.16. The van der Waals surface area contributed by atoms with Crippen LogP contribution in [0.15, 0.2) is 0 Å². The van der Waals surface area contributed by atoms with E-state index in [1.165, 1.54) is 32.4 Å². The second-order valence-corrected chi connectivity index (χ2v) is 4.85. The molecule has 1 rings (SSSR count). The van der Waals surface area contributed by atoms with Crippen LogP contribution in [0, 0.1) is 23.2 Å². The third kappa shape index (κ3) is 4.11. The minimum Gasteiger partial charge on any atom is -0.303 e. The first-order valence-electron chi connectivity index (χ1n) is 5.81. The first-order chi connectivity index (χ1) is 6.72. The lowest BCUT2D eigenvalue weighted by atomic mass is 9.95. The Bertz CT molecular complexity index is 193. The summed E-state index contributed by atoms with van der Waals surface area (Å²) in [6.45, 7) is 8.17. The van der Waals surface area contributed by atoms with Crippen molar-refractivity contribution in [2.24, 2.45) is 11.8 Å². The molecule has 2 heteroatoms. The van der Waals surface area contributed by atoms with E-state index in [9.17, 15) is 0 Å². The van der Waals surface area contributed by atoms with Gasteiger partial charge in [-0.25, -0.2) is 0 Å². The highest BCUT2D eigenvalue weighted by molar-refractivity contribution is 4.81. The van der Waals surface area contributed by atoms with Gasteiger partial charge in [0.1, 0.15) is 0 Å². The van der Waals surface area contributed by atoms with Crippen molar-refractivity contribution in [3.05, 3.63) is 0 Å². The van der Waals surface area contributed by atoms with E-state index in [0.717, 1.165) is 18.9 Å². The average molecular weight is 194 g/mol. The Balaban J connectivity index is 2.22. The second-order valence-electron chi connectivity index (χ2n) is 4.85. The second kappa shape index (κ2) is 6.03. The van der Waals surface area contributed by atoms with Gasteiger partial charge in [-0.3, -0.25) is 0 Å². The zero-order valence-corrected chi connectivity index (χ0v) is 9.50. The lowest BCUT2D eigenvalue weighted by molar-refractivity contribution is 0.169. The molecule has 1 atom stereocenters. The monoisotopic (exact) mass is 194 g/mol. The first-order valence-corrected chi connectivity index (χ1v) is 5.81. The Morgan fingerprint density at radius 1 is 1.50 bits per heavy atom. The van der Waals surface area contributed by atoms with Gasteiger partial charge in [-0.2, -0.15) is 5.26 Å². The van der Waals surface area contributed by atoms with Crippen LogP contribution in [0.1, 0.15) is 39.5 Å². The van der Waals surface area contributed by atoms with E-state index in [-0.39, 0.29) is 0 Å². The van der Waals surface area contributed by atoms with Crippen molar-refractivity contribution in [1.82, 2.24) is 4.90 Å². The van der Waals surface area contributed by atoms with Crippen molar-refractivity contribution in [3.8, 4) is 6.07 Å². The maximum absolute atomic E-state index is 8.65. The third-order valence-corrected chi connectivity index (χ3v) is 3.01. The first kappa shape index (κ1) is 11.5. The van der Waals surface area contributed by atoms with Gasteiger partial charge in [0.05, 0.1) is 6.07 Å². The predicted molar refractivity (Wildman–Crippen MR) is 58.8 cm³/mol. The van der Waals surface area contributed by atoms with E-state index in [1.807, 2.05) is 0 Å². The van der Waals surface area contributed by atoms with Crippen LogP contribution in [-0.4, -0.2) is 24.5 Å². The van der Waals surface area contributed by atoms with Crippen LogP contribution < -0.4 is 0 Å². The highest BCUT2D eigenvalue weighted by Crippen LogP contribution is 2.19. The van der Waals surface area contributed by atoms with Crippen LogP contribution in [0.4, 0.5) is 0 Å². The van der Waals surface area contributed by atoms with Gasteiger partial charge in [-0.15, -0.1) is 0 Å². The molecule has 0 bridgehead atoms. The van der Waals surface area contributed by atoms with Crippen LogP contribution >= 0.6 is 0 Å². The smallest absolute Gasteiger partial charge is 0.0625 e. The molecule has 1 heterocycles. The van der Waals surface area contributed by atoms with Crippen LogP contribution in [0.2, 0.25) is 0 Å². The molecule has 1 saturated heterocycles. The summed E-state index contributed by atoms with van der Waals surface area (Å²) in [7, 11) is 0. The van der Waals surface area contributed by atoms with Crippen molar-refractivity contribution < 1.29 is 0 Å². The highest BCUT2D eigenvalue weighted by atomic mass is 15.1. The number of rotatable bonds is 4. The molecular weight excluding hydrogens is 172 g/mol. The Kier molecular flexibility index (Phi) is 4.97. The number of piperidine rings is 1. The Labute approximate surface area is 87.9 Å². The largest absolute Gasteiger partial charge is 0.303 e. The van der Waals surface area contributed by atoms with Crippen molar-refractivity contribution in [2.45, 2.75) is 39.5 Å². The van der Waals surface area contributed by atoms with Crippen LogP contribution in [-0.2, 0) is 0 Å². The fraction of sp³-hybridized carbons (Fsp3) is 0.917. The maximum atomic E-state index is 8.65. The summed E-state index contributed by atoms with van der Waals surface area (Å²) in [4.78, 5) is 2.53. The molecule has 0 spiro atoms. The number of hydrogen-bond acceptors (Lipinski definition) is 2. The van der Waals surface area contributed by atoms with Gasteiger partial charge in [0, 0.05) is 13.0 Å². The van der Waals surface area contributed by atoms with Gasteiger partial charge in [-0.1, -0.05) is 13.8 Å². The highest BCUT2D eigenvalue weighted by Gasteiger charge is 2.19. The molecule has 0 saturated carbocycles. The summed E-state index contributed by atoms with van der Waals surface area (Å²) in [5, 5.41) is 8.65. The van der Waals surface area contributed by atoms with Crippen molar-refractivity contribution >= 4 is 0 Å². The van der Waals surface area contributed by atoms with Gasteiger partial charge < -0.3 is 4.90 Å². The van der Waals surface area contributed by atoms with Gasteiger partial charge in [0.15, 0.2) is 0 Å². The summed E-state index contributed by atoms with van der Waals surface area (Å²) in [6, 6.07) is 2.30. The molecular formula is C12H22N2. The molecule has 1 aliphatic rings. The molecule has 1 aliphatic heterocycles. The van der Waals surface area contributed by atoms with Crippen molar-refractivity contribution in [1.29, 1.82) is 5.26 Å². The van der Waals surface area contributed by atoms with E-state index < -0.39 is 0 Å². The molecule has 0 N–H and O–H groups in total. The van der Waals surface area contributed by atoms with Crippen LogP contribution in [0.5, 0.6) is 0 Å². The summed E-state index contributed by atoms with van der Waals surface area (Å²) < 4.78 is 0. The van der Waals surface area contributed by atoms with Crippen molar-refractivity contribution in [3.63, 3.8) is 0 Å². The number of nitrogens with zero attached hydrogens (tertiary/aromatic N) is 2. The molecule has 0 aromatic heterocycles. The summed E-state index contributed by atoms with van der Waals surface area (Å²) >= 11 is 0. The van der Waals surface area contributed by atoms with E-state index >= 15 is 0 Å². The van der Waals surface area contributed by atoms with Gasteiger partial charge in [0.25, 0.3) is 0 Å². The predicted octanol–water partition coefficient (Wildman–Crippen LogP) is 2.66. The van der Waals surface area contributed by atoms with Gasteiger partial charge >= 0.3 is 0 Å². The molecule has 14 heavy (non-hydrogen) atoms. The van der Waals surface area contributed by atoms with Gasteiger partial charge in [0.2, 0.25) is 0 Å². The molecule has 0 aromatic carbocycles. The zero-order chi connectivity index (χ0) is 10.4. The Morgan fingerprint density at radius 3 is 2.93 bits per heavy atom. The normalized spacial score (nSPS) is 23.7. The fourth-order valence-corrected chi connectivity index (χ4v) is 2.09. The zero-order valence-electron chi connectivity index (χ0n) is 9.50. The SMILES string of the molecule is CC(C)CCN1CCCC(CC#N)C1. The minimum absolute atomic E-state index is 0.640. The molecule has 80 valence electrons. The van der Waals surface area contributed by atoms with E-state index in [4.69, 9.17) is 5.26 Å². The number of likely N-dealkylation sites (tertiary alicyclic amines) is 1. The van der Waals surface area contributed by atoms with E-state index in [2.05, 4.69) is 24.8 Å². The van der Waals surface area contributed by atoms with Crippen molar-refractivity contribution in [2.75, 3.05) is 19.6 Å². The lowest BCUT2D eigenvalue weighted by Gasteiger charge is -2.32. The number of hydrogen-bond donors (Lipinski definition) is 0. The lowest BCUT2D eigenvalue weighted by Crippen LogP contribution is -2.36. The summed E-state index contributed by atoms with van der Waals surface area (Å²) in [6.07, 6.45) is 4.58. The van der Waals surface area contributed by atoms with E-state index in [1.54, 1.807) is 0 Å². The minimum atomic E-state index is 0.640. The van der Waals surface area contributed by atoms with Crippen LogP contribution in [0.3, 0.4) is 0 Å². The quantitative estimate of drug-likeness (QED) is 0.688. The number of nitriles is 1. The molecule has 1 unspecified atom stereocenters. The summed E-state index contributed by atoms with van der Waals surface area (Å²) in [5.74, 6) is 1.44. The molecule has 0 radical (unpaired) electrons. The maximum Gasteiger partial charge on any atom is 0.0625 e. The Morgan fingerprint density at radius 2 is 2.29 bits per heavy atom. The Hall–Kier alpha value is -0.550. The van der Waals surface area contributed by atoms with Gasteiger partial charge in [-0.05, 0) is 44.2 Å². The molecule has 2 nitrogen and oxygen atoms in total.